The van der Waals surface area contributed by atoms with Gasteiger partial charge in [0.25, 0.3) is 0 Å². The van der Waals surface area contributed by atoms with Gasteiger partial charge in [-0.3, -0.25) is 0 Å². The first kappa shape index (κ1) is 14.2. The fourth-order valence-electron chi connectivity index (χ4n) is 1.78. The van der Waals surface area contributed by atoms with Crippen LogP contribution < -0.4 is 5.73 Å². The van der Waals surface area contributed by atoms with Crippen LogP contribution in [0, 0.1) is 5.41 Å². The van der Waals surface area contributed by atoms with Gasteiger partial charge in [0.15, 0.2) is 0 Å². The summed E-state index contributed by atoms with van der Waals surface area (Å²) in [6.45, 7) is 5.85. The van der Waals surface area contributed by atoms with Gasteiger partial charge in [-0.25, -0.2) is 4.98 Å². The molecular formula is C12H23N3O2. The van der Waals surface area contributed by atoms with Crippen LogP contribution in [0.2, 0.25) is 0 Å². The minimum absolute atomic E-state index is 0.0653. The number of rotatable bonds is 7. The summed E-state index contributed by atoms with van der Waals surface area (Å²) < 4.78 is 7.12. The third-order valence-electron chi connectivity index (χ3n) is 2.90. The van der Waals surface area contributed by atoms with E-state index < -0.39 is 0 Å². The number of aliphatic hydroxyl groups excluding tert-OH is 1. The Hall–Kier alpha value is -0.910. The first-order chi connectivity index (χ1) is 8.00. The molecule has 98 valence electrons. The summed E-state index contributed by atoms with van der Waals surface area (Å²) >= 11 is 0. The first-order valence-corrected chi connectivity index (χ1v) is 5.85. The third kappa shape index (κ3) is 4.11. The Morgan fingerprint density at radius 3 is 2.88 bits per heavy atom. The van der Waals surface area contributed by atoms with E-state index in [0.717, 1.165) is 25.3 Å². The highest BCUT2D eigenvalue weighted by Gasteiger charge is 2.21. The van der Waals surface area contributed by atoms with Crippen LogP contribution >= 0.6 is 0 Å². The van der Waals surface area contributed by atoms with Gasteiger partial charge in [-0.2, -0.15) is 0 Å². The molecule has 0 fully saturated rings. The minimum Gasteiger partial charge on any atom is -0.394 e. The molecule has 3 N–H and O–H groups in total. The first-order valence-electron chi connectivity index (χ1n) is 5.85. The number of aliphatic hydroxyl groups is 1. The topological polar surface area (TPSA) is 73.3 Å². The molecule has 17 heavy (non-hydrogen) atoms. The Labute approximate surface area is 103 Å². The van der Waals surface area contributed by atoms with Crippen LogP contribution in [0.15, 0.2) is 12.5 Å². The summed E-state index contributed by atoms with van der Waals surface area (Å²) in [6.07, 6.45) is 4.45. The lowest BCUT2D eigenvalue weighted by Gasteiger charge is -2.26. The van der Waals surface area contributed by atoms with Crippen molar-refractivity contribution in [1.29, 1.82) is 0 Å². The van der Waals surface area contributed by atoms with Crippen molar-refractivity contribution < 1.29 is 9.84 Å². The summed E-state index contributed by atoms with van der Waals surface area (Å²) in [7, 11) is 1.71. The third-order valence-corrected chi connectivity index (χ3v) is 2.90. The van der Waals surface area contributed by atoms with Gasteiger partial charge >= 0.3 is 0 Å². The average Bonchev–Trinajstić information content (AvgIpc) is 2.72. The fourth-order valence-corrected chi connectivity index (χ4v) is 1.78. The Morgan fingerprint density at radius 2 is 2.29 bits per heavy atom. The van der Waals surface area contributed by atoms with Crippen molar-refractivity contribution in [2.75, 3.05) is 20.3 Å². The number of hydrogen-bond acceptors (Lipinski definition) is 4. The van der Waals surface area contributed by atoms with E-state index in [2.05, 4.69) is 18.8 Å². The van der Waals surface area contributed by atoms with Gasteiger partial charge in [0.05, 0.1) is 24.7 Å². The molecule has 0 saturated carbocycles. The van der Waals surface area contributed by atoms with E-state index in [4.69, 9.17) is 15.6 Å². The molecule has 1 aromatic heterocycles. The van der Waals surface area contributed by atoms with Crippen molar-refractivity contribution >= 4 is 0 Å². The highest BCUT2D eigenvalue weighted by atomic mass is 16.5. The van der Waals surface area contributed by atoms with Crippen LogP contribution in [0.1, 0.15) is 32.0 Å². The van der Waals surface area contributed by atoms with Crippen molar-refractivity contribution in [1.82, 2.24) is 9.55 Å². The molecule has 1 rings (SSSR count). The summed E-state index contributed by atoms with van der Waals surface area (Å²) in [6, 6.07) is -0.365. The Morgan fingerprint density at radius 1 is 1.59 bits per heavy atom. The lowest BCUT2D eigenvalue weighted by Crippen LogP contribution is -2.25. The van der Waals surface area contributed by atoms with Crippen LogP contribution in [0.5, 0.6) is 0 Å². The minimum atomic E-state index is -0.365. The number of nitrogens with zero attached hydrogens (tertiary/aromatic N) is 2. The van der Waals surface area contributed by atoms with E-state index in [1.807, 2.05) is 4.57 Å². The van der Waals surface area contributed by atoms with E-state index in [0.29, 0.717) is 0 Å². The summed E-state index contributed by atoms with van der Waals surface area (Å²) in [5.74, 6) is 0. The standard InChI is InChI=1S/C12H23N3O2/c1-12(2,4-5-17-3)8-15-9-14-6-11(15)10(13)7-16/h6,9-10,16H,4-5,7-8,13H2,1-3H3. The molecule has 5 nitrogen and oxygen atoms in total. The maximum Gasteiger partial charge on any atom is 0.0948 e. The van der Waals surface area contributed by atoms with E-state index in [1.165, 1.54) is 0 Å². The van der Waals surface area contributed by atoms with Crippen LogP contribution in [0.25, 0.3) is 0 Å². The predicted molar refractivity (Wildman–Crippen MR) is 66.5 cm³/mol. The Balaban J connectivity index is 2.70. The van der Waals surface area contributed by atoms with Gasteiger partial charge in [0.2, 0.25) is 0 Å². The number of methoxy groups -OCH3 is 1. The Kier molecular flexibility index (Phi) is 5.11. The second-order valence-electron chi connectivity index (χ2n) is 5.14. The molecule has 0 spiro atoms. The number of nitrogens with two attached hydrogens (primary N) is 1. The van der Waals surface area contributed by atoms with Crippen molar-refractivity contribution in [3.63, 3.8) is 0 Å². The molecule has 1 atom stereocenters. The zero-order valence-electron chi connectivity index (χ0n) is 10.9. The van der Waals surface area contributed by atoms with E-state index in [1.54, 1.807) is 19.6 Å². The normalized spacial score (nSPS) is 13.9. The zero-order chi connectivity index (χ0) is 12.9. The molecule has 0 saturated heterocycles. The molecule has 0 aliphatic heterocycles. The van der Waals surface area contributed by atoms with Gasteiger partial charge in [0, 0.05) is 26.5 Å². The molecule has 1 unspecified atom stereocenters. The quantitative estimate of drug-likeness (QED) is 0.745. The van der Waals surface area contributed by atoms with E-state index >= 15 is 0 Å². The van der Waals surface area contributed by atoms with Crippen molar-refractivity contribution in [3.8, 4) is 0 Å². The number of hydrogen-bond donors (Lipinski definition) is 2. The van der Waals surface area contributed by atoms with E-state index in [9.17, 15) is 0 Å². The second-order valence-corrected chi connectivity index (χ2v) is 5.14. The van der Waals surface area contributed by atoms with Crippen molar-refractivity contribution in [3.05, 3.63) is 18.2 Å². The SMILES string of the molecule is COCCC(C)(C)Cn1cncc1C(N)CO. The molecule has 0 aliphatic carbocycles. The Bertz CT molecular complexity index is 336. The predicted octanol–water partition coefficient (Wildman–Crippen LogP) is 0.938. The molecule has 1 aromatic rings. The van der Waals surface area contributed by atoms with E-state index in [-0.39, 0.29) is 18.1 Å². The van der Waals surface area contributed by atoms with Crippen LogP contribution in [0.4, 0.5) is 0 Å². The van der Waals surface area contributed by atoms with Gasteiger partial charge in [0.1, 0.15) is 0 Å². The zero-order valence-corrected chi connectivity index (χ0v) is 10.9. The highest BCUT2D eigenvalue weighted by molar-refractivity contribution is 5.05. The molecule has 0 bridgehead atoms. The van der Waals surface area contributed by atoms with Crippen molar-refractivity contribution in [2.24, 2.45) is 11.1 Å². The van der Waals surface area contributed by atoms with Crippen molar-refractivity contribution in [2.45, 2.75) is 32.9 Å². The largest absolute Gasteiger partial charge is 0.394 e. The molecule has 5 heteroatoms. The fraction of sp³-hybridized carbons (Fsp3) is 0.750. The summed E-state index contributed by atoms with van der Waals surface area (Å²) in [4.78, 5) is 4.10. The highest BCUT2D eigenvalue weighted by Crippen LogP contribution is 2.24. The van der Waals surface area contributed by atoms with Crippen LogP contribution in [-0.2, 0) is 11.3 Å². The maximum absolute atomic E-state index is 9.08. The lowest BCUT2D eigenvalue weighted by molar-refractivity contribution is 0.141. The van der Waals surface area contributed by atoms with Gasteiger partial charge < -0.3 is 20.1 Å². The van der Waals surface area contributed by atoms with Crippen LogP contribution in [-0.4, -0.2) is 35.0 Å². The summed E-state index contributed by atoms with van der Waals surface area (Å²) in [5, 5.41) is 9.08. The molecule has 0 aliphatic rings. The molecule has 0 aromatic carbocycles. The second kappa shape index (κ2) is 6.14. The molecular weight excluding hydrogens is 218 g/mol. The van der Waals surface area contributed by atoms with Gasteiger partial charge in [-0.05, 0) is 11.8 Å². The molecule has 0 radical (unpaired) electrons. The molecule has 1 heterocycles. The smallest absolute Gasteiger partial charge is 0.0948 e. The monoisotopic (exact) mass is 241 g/mol. The number of imidazole rings is 1. The van der Waals surface area contributed by atoms with Gasteiger partial charge in [-0.15, -0.1) is 0 Å². The summed E-state index contributed by atoms with van der Waals surface area (Å²) in [5.41, 5.74) is 6.81. The molecule has 0 amide bonds. The average molecular weight is 241 g/mol. The number of ether oxygens (including phenoxy) is 1. The maximum atomic E-state index is 9.08. The van der Waals surface area contributed by atoms with Crippen LogP contribution in [0.3, 0.4) is 0 Å². The van der Waals surface area contributed by atoms with Gasteiger partial charge in [-0.1, -0.05) is 13.8 Å². The number of aromatic nitrogens is 2. The lowest BCUT2D eigenvalue weighted by atomic mass is 9.89.